The molecule has 1 saturated carbocycles. The predicted molar refractivity (Wildman–Crippen MR) is 255 cm³/mol. The fourth-order valence-electron chi connectivity index (χ4n) is 10.8. The zero-order valence-electron chi connectivity index (χ0n) is 39.0. The van der Waals surface area contributed by atoms with E-state index in [4.69, 9.17) is 4.74 Å². The van der Waals surface area contributed by atoms with Gasteiger partial charge >= 0.3 is 0 Å². The van der Waals surface area contributed by atoms with E-state index < -0.39 is 45.6 Å². The van der Waals surface area contributed by atoms with Gasteiger partial charge in [0, 0.05) is 56.5 Å². The highest BCUT2D eigenvalue weighted by molar-refractivity contribution is 8.00. The second-order valence-corrected chi connectivity index (χ2v) is 22.8. The van der Waals surface area contributed by atoms with E-state index in [0.29, 0.717) is 31.2 Å². The second kappa shape index (κ2) is 20.8. The number of imide groups is 2. The first kappa shape index (κ1) is 49.1. The normalized spacial score (nSPS) is 27.5. The highest BCUT2D eigenvalue weighted by atomic mass is 32.2. The summed E-state index contributed by atoms with van der Waals surface area (Å²) in [5, 5.41) is 18.5. The summed E-state index contributed by atoms with van der Waals surface area (Å²) in [6.45, 7) is 4.25. The van der Waals surface area contributed by atoms with Crippen molar-refractivity contribution in [1.29, 1.82) is 0 Å². The number of carbonyl (C=O) groups is 7. The summed E-state index contributed by atoms with van der Waals surface area (Å²) in [7, 11) is -3.36. The van der Waals surface area contributed by atoms with Crippen molar-refractivity contribution >= 4 is 63.1 Å². The van der Waals surface area contributed by atoms with Gasteiger partial charge in [-0.15, -0.1) is 11.8 Å². The average molecular weight is 990 g/mol. The van der Waals surface area contributed by atoms with Gasteiger partial charge in [-0.05, 0) is 113 Å². The molecular weight excluding hydrogens is 927 g/mol. The molecule has 372 valence electrons. The molecule has 69 heavy (non-hydrogen) atoms. The second-order valence-electron chi connectivity index (χ2n) is 19.7. The number of rotatable bonds is 17. The van der Waals surface area contributed by atoms with Crippen LogP contribution in [0.1, 0.15) is 114 Å². The first-order valence-electron chi connectivity index (χ1n) is 24.4. The van der Waals surface area contributed by atoms with E-state index in [2.05, 4.69) is 61.1 Å². The molecule has 6 unspecified atom stereocenters. The van der Waals surface area contributed by atoms with Crippen molar-refractivity contribution in [3.63, 3.8) is 0 Å². The molecule has 6 N–H and O–H groups in total. The van der Waals surface area contributed by atoms with Gasteiger partial charge in [-0.3, -0.25) is 49.1 Å². The lowest BCUT2D eigenvalue weighted by molar-refractivity contribution is -0.136. The van der Waals surface area contributed by atoms with Crippen LogP contribution in [0.2, 0.25) is 0 Å². The highest BCUT2D eigenvalue weighted by Crippen LogP contribution is 2.52. The van der Waals surface area contributed by atoms with Crippen LogP contribution >= 0.6 is 11.8 Å². The number of ether oxygens (including phenoxy) is 1. The Labute approximate surface area is 406 Å². The quantitative estimate of drug-likeness (QED) is 0.0968. The van der Waals surface area contributed by atoms with Crippen LogP contribution in [0, 0.1) is 11.3 Å². The summed E-state index contributed by atoms with van der Waals surface area (Å²) in [5.41, 5.74) is 2.12. The highest BCUT2D eigenvalue weighted by Gasteiger charge is 2.56. The lowest BCUT2D eigenvalue weighted by atomic mass is 9.79. The molecule has 0 aromatic heterocycles. The number of fused-ring (bicyclic) bond motifs is 1. The molecule has 2 aromatic carbocycles. The Morgan fingerprint density at radius 2 is 1.68 bits per heavy atom. The Kier molecular flexibility index (Phi) is 14.8. The van der Waals surface area contributed by atoms with Crippen molar-refractivity contribution in [3.05, 3.63) is 64.7 Å². The van der Waals surface area contributed by atoms with Crippen molar-refractivity contribution in [2.24, 2.45) is 11.3 Å². The van der Waals surface area contributed by atoms with E-state index in [9.17, 15) is 42.0 Å². The van der Waals surface area contributed by atoms with Gasteiger partial charge in [-0.25, -0.2) is 12.7 Å². The van der Waals surface area contributed by atoms with Crippen molar-refractivity contribution in [1.82, 2.24) is 46.0 Å². The monoisotopic (exact) mass is 989 g/mol. The SMILES string of the molecule is CS(=O)(=O)N1CCC(C(=O)NCC(=O)NC2NC(c3cccc(C4CCNC(C5(C(=O)NC6CCN(CCCCOc7ccc8c(c7)C(=O)N(C7CCC(=O)NC7=O)C8=O)CC6)CC5)C4)c3)CS2)C1. The number of nitrogens with zero attached hydrogens (tertiary/aromatic N) is 3. The molecule has 6 atom stereocenters. The van der Waals surface area contributed by atoms with E-state index in [1.807, 2.05) is 0 Å². The number of hydrogen-bond acceptors (Lipinski definition) is 14. The largest absolute Gasteiger partial charge is 0.494 e. The van der Waals surface area contributed by atoms with Crippen LogP contribution in [0.15, 0.2) is 42.5 Å². The predicted octanol–water partition coefficient (Wildman–Crippen LogP) is 1.32. The summed E-state index contributed by atoms with van der Waals surface area (Å²) in [4.78, 5) is 92.8. The number of carbonyl (C=O) groups excluding carboxylic acids is 7. The molecule has 6 aliphatic heterocycles. The number of hydrogen-bond donors (Lipinski definition) is 6. The van der Waals surface area contributed by atoms with Crippen molar-refractivity contribution in [3.8, 4) is 5.75 Å². The van der Waals surface area contributed by atoms with E-state index >= 15 is 0 Å². The Hall–Kier alpha value is -4.93. The van der Waals surface area contributed by atoms with E-state index in [1.165, 1.54) is 9.87 Å². The minimum atomic E-state index is -3.36. The molecule has 2 aromatic rings. The summed E-state index contributed by atoms with van der Waals surface area (Å²) < 4.78 is 30.9. The fraction of sp³-hybridized carbons (Fsp3) is 0.604. The van der Waals surface area contributed by atoms with Gasteiger partial charge < -0.3 is 30.9 Å². The van der Waals surface area contributed by atoms with Gasteiger partial charge in [0.2, 0.25) is 39.6 Å². The minimum absolute atomic E-state index is 0.0305. The van der Waals surface area contributed by atoms with Gasteiger partial charge in [0.25, 0.3) is 11.8 Å². The van der Waals surface area contributed by atoms with Crippen LogP contribution in [0.4, 0.5) is 0 Å². The molecule has 5 saturated heterocycles. The standard InChI is InChI=1S/C48H63N9O10S2/c1-69(65,66)56-21-12-32(27-56)42(60)50-26-41(59)54-47-52-37(28-68-47)31-6-4-5-29(23-31)30-11-17-49-39(24-30)48(15-16-48)46(64)51-33-13-19-55(20-14-33)18-2-3-22-67-34-7-8-35-36(25-34)45(63)57(44(35)62)38-9-10-40(58)53-43(38)61/h4-8,23,25,30,32-33,37-39,47,49,52H,2-3,9-22,24,26-28H2,1H3,(H,50,60)(H,51,64)(H,54,59)(H,53,58,61). The van der Waals surface area contributed by atoms with Crippen LogP contribution in [0.5, 0.6) is 5.75 Å². The fourth-order valence-corrected chi connectivity index (χ4v) is 12.9. The summed E-state index contributed by atoms with van der Waals surface area (Å²) in [5.74, 6) is -1.54. The molecule has 9 rings (SSSR count). The lowest BCUT2D eigenvalue weighted by Gasteiger charge is -2.37. The topological polar surface area (TPSA) is 245 Å². The zero-order chi connectivity index (χ0) is 48.5. The zero-order valence-corrected chi connectivity index (χ0v) is 40.6. The molecule has 0 bridgehead atoms. The lowest BCUT2D eigenvalue weighted by Crippen LogP contribution is -2.54. The van der Waals surface area contributed by atoms with E-state index in [-0.39, 0.29) is 83.8 Å². The number of nitrogens with one attached hydrogen (secondary N) is 6. The smallest absolute Gasteiger partial charge is 0.262 e. The van der Waals surface area contributed by atoms with Crippen molar-refractivity contribution in [2.45, 2.75) is 106 Å². The molecule has 19 nitrogen and oxygen atoms in total. The Morgan fingerprint density at radius 3 is 2.43 bits per heavy atom. The number of piperidine rings is 3. The van der Waals surface area contributed by atoms with Crippen LogP contribution < -0.4 is 36.6 Å². The van der Waals surface area contributed by atoms with Gasteiger partial charge in [0.1, 0.15) is 17.3 Å². The minimum Gasteiger partial charge on any atom is -0.494 e. The molecule has 0 spiro atoms. The third-order valence-electron chi connectivity index (χ3n) is 15.1. The first-order chi connectivity index (χ1) is 33.1. The van der Waals surface area contributed by atoms with Crippen molar-refractivity contribution < 1.29 is 46.7 Å². The molecule has 0 radical (unpaired) electrons. The van der Waals surface area contributed by atoms with Crippen LogP contribution in [0.25, 0.3) is 0 Å². The molecule has 6 heterocycles. The number of unbranched alkanes of at least 4 members (excludes halogenated alkanes) is 1. The molecule has 1 aliphatic carbocycles. The van der Waals surface area contributed by atoms with Gasteiger partial charge in [0.15, 0.2) is 0 Å². The Balaban J connectivity index is 0.670. The Morgan fingerprint density at radius 1 is 0.899 bits per heavy atom. The third-order valence-corrected chi connectivity index (χ3v) is 17.4. The number of sulfonamides is 1. The summed E-state index contributed by atoms with van der Waals surface area (Å²) in [6, 6.07) is 12.7. The first-order valence-corrected chi connectivity index (χ1v) is 27.3. The molecule has 21 heteroatoms. The summed E-state index contributed by atoms with van der Waals surface area (Å²) in [6.07, 6.45) is 8.87. The maximum absolute atomic E-state index is 14.0. The van der Waals surface area contributed by atoms with E-state index in [1.54, 1.807) is 30.0 Å². The average Bonchev–Trinajstić information content (AvgIpc) is 3.62. The summed E-state index contributed by atoms with van der Waals surface area (Å²) >= 11 is 1.60. The van der Waals surface area contributed by atoms with Crippen LogP contribution in [-0.2, 0) is 34.0 Å². The van der Waals surface area contributed by atoms with Gasteiger partial charge in [-0.2, -0.15) is 0 Å². The maximum atomic E-state index is 14.0. The maximum Gasteiger partial charge on any atom is 0.262 e. The third kappa shape index (κ3) is 11.2. The van der Waals surface area contributed by atoms with E-state index in [0.717, 1.165) is 100 Å². The Bertz CT molecular complexity index is 2460. The van der Waals surface area contributed by atoms with Gasteiger partial charge in [0.05, 0.1) is 41.9 Å². The molecule has 7 amide bonds. The van der Waals surface area contributed by atoms with Crippen molar-refractivity contribution in [2.75, 3.05) is 64.4 Å². The molecule has 6 fully saturated rings. The van der Waals surface area contributed by atoms with Crippen LogP contribution in [0.3, 0.4) is 0 Å². The number of likely N-dealkylation sites (tertiary alicyclic amines) is 1. The van der Waals surface area contributed by atoms with Gasteiger partial charge in [-0.1, -0.05) is 24.3 Å². The number of benzene rings is 2. The molecular formula is C48H63N9O10S2. The number of amides is 7. The molecule has 7 aliphatic rings. The van der Waals surface area contributed by atoms with Crippen LogP contribution in [-0.4, -0.2) is 152 Å². The number of thioether (sulfide) groups is 1.